The van der Waals surface area contributed by atoms with Crippen LogP contribution in [0, 0.1) is 0 Å². The lowest BCUT2D eigenvalue weighted by Gasteiger charge is -2.42. The minimum Gasteiger partial charge on any atom is -0.396 e. The van der Waals surface area contributed by atoms with Crippen LogP contribution < -0.4 is 0 Å². The number of aliphatic hydroxyl groups excluding tert-OH is 1. The maximum absolute atomic E-state index is 8.91. The number of hydrogen-bond donors (Lipinski definition) is 1. The predicted octanol–water partition coefficient (Wildman–Crippen LogP) is 3.03. The van der Waals surface area contributed by atoms with Crippen LogP contribution in [0.25, 0.3) is 0 Å². The van der Waals surface area contributed by atoms with Gasteiger partial charge in [-0.05, 0) is 30.5 Å². The number of benzene rings is 1. The van der Waals surface area contributed by atoms with Gasteiger partial charge in [0.15, 0.2) is 0 Å². The third kappa shape index (κ3) is 2.21. The Kier molecular flexibility index (Phi) is 3.75. The van der Waals surface area contributed by atoms with Gasteiger partial charge in [0.25, 0.3) is 0 Å². The highest BCUT2D eigenvalue weighted by Gasteiger charge is 2.39. The van der Waals surface area contributed by atoms with Crippen molar-refractivity contribution in [1.29, 1.82) is 0 Å². The van der Waals surface area contributed by atoms with E-state index in [0.717, 1.165) is 18.4 Å². The molecule has 88 valence electrons. The highest BCUT2D eigenvalue weighted by Crippen LogP contribution is 2.38. The zero-order chi connectivity index (χ0) is 11.6. The lowest BCUT2D eigenvalue weighted by atomic mass is 9.75. The van der Waals surface area contributed by atoms with Crippen molar-refractivity contribution in [3.63, 3.8) is 0 Å². The first-order chi connectivity index (χ1) is 7.68. The van der Waals surface area contributed by atoms with E-state index in [1.54, 1.807) is 0 Å². The van der Waals surface area contributed by atoms with Crippen molar-refractivity contribution in [2.45, 2.75) is 18.3 Å². The maximum atomic E-state index is 8.91. The largest absolute Gasteiger partial charge is 0.396 e. The number of rotatable bonds is 4. The van der Waals surface area contributed by atoms with Gasteiger partial charge in [0.2, 0.25) is 0 Å². The molecule has 1 aliphatic rings. The van der Waals surface area contributed by atoms with Crippen LogP contribution in [0.2, 0.25) is 10.0 Å². The van der Waals surface area contributed by atoms with Crippen molar-refractivity contribution >= 4 is 23.2 Å². The molecule has 16 heavy (non-hydrogen) atoms. The quantitative estimate of drug-likeness (QED) is 0.902. The maximum Gasteiger partial charge on any atom is 0.0595 e. The molecule has 0 atom stereocenters. The molecule has 0 amide bonds. The molecule has 1 fully saturated rings. The van der Waals surface area contributed by atoms with Crippen molar-refractivity contribution in [3.8, 4) is 0 Å². The summed E-state index contributed by atoms with van der Waals surface area (Å²) in [4.78, 5) is 0. The zero-order valence-electron chi connectivity index (χ0n) is 8.88. The van der Waals surface area contributed by atoms with E-state index in [9.17, 15) is 0 Å². The number of aliphatic hydroxyl groups is 1. The smallest absolute Gasteiger partial charge is 0.0595 e. The van der Waals surface area contributed by atoms with E-state index in [0.29, 0.717) is 23.3 Å². The van der Waals surface area contributed by atoms with Crippen molar-refractivity contribution in [1.82, 2.24) is 0 Å². The van der Waals surface area contributed by atoms with Crippen molar-refractivity contribution in [2.75, 3.05) is 19.8 Å². The van der Waals surface area contributed by atoms with Gasteiger partial charge in [0, 0.05) is 12.0 Å². The molecule has 1 aromatic rings. The summed E-state index contributed by atoms with van der Waals surface area (Å²) < 4.78 is 5.30. The number of halogens is 2. The summed E-state index contributed by atoms with van der Waals surface area (Å²) in [6.07, 6.45) is 1.70. The summed E-state index contributed by atoms with van der Waals surface area (Å²) in [6, 6.07) is 5.72. The first kappa shape index (κ1) is 12.2. The van der Waals surface area contributed by atoms with E-state index < -0.39 is 0 Å². The van der Waals surface area contributed by atoms with Gasteiger partial charge in [-0.15, -0.1) is 0 Å². The van der Waals surface area contributed by atoms with Crippen LogP contribution in [0.15, 0.2) is 18.2 Å². The fourth-order valence-electron chi connectivity index (χ4n) is 2.05. The van der Waals surface area contributed by atoms with Crippen LogP contribution in [0.4, 0.5) is 0 Å². The Bertz CT molecular complexity index is 375. The van der Waals surface area contributed by atoms with Gasteiger partial charge in [0.1, 0.15) is 0 Å². The third-order valence-electron chi connectivity index (χ3n) is 3.10. The second-order valence-electron chi connectivity index (χ2n) is 4.23. The van der Waals surface area contributed by atoms with E-state index in [1.807, 2.05) is 18.2 Å². The zero-order valence-corrected chi connectivity index (χ0v) is 10.4. The van der Waals surface area contributed by atoms with Gasteiger partial charge < -0.3 is 9.84 Å². The molecule has 0 saturated carbocycles. The summed E-state index contributed by atoms with van der Waals surface area (Å²) in [6.45, 7) is 1.61. The Labute approximate surface area is 105 Å². The van der Waals surface area contributed by atoms with Gasteiger partial charge in [0.05, 0.1) is 23.3 Å². The van der Waals surface area contributed by atoms with Crippen molar-refractivity contribution < 1.29 is 9.84 Å². The Balaban J connectivity index is 2.22. The van der Waals surface area contributed by atoms with Crippen molar-refractivity contribution in [3.05, 3.63) is 33.8 Å². The average Bonchev–Trinajstić information content (AvgIpc) is 2.22. The van der Waals surface area contributed by atoms with Crippen LogP contribution in [-0.2, 0) is 10.2 Å². The van der Waals surface area contributed by atoms with Crippen LogP contribution in [0.3, 0.4) is 0 Å². The van der Waals surface area contributed by atoms with Gasteiger partial charge in [-0.3, -0.25) is 0 Å². The van der Waals surface area contributed by atoms with E-state index in [4.69, 9.17) is 33.0 Å². The van der Waals surface area contributed by atoms with Crippen LogP contribution in [0.5, 0.6) is 0 Å². The molecule has 1 N–H and O–H groups in total. The monoisotopic (exact) mass is 260 g/mol. The molecule has 0 aromatic heterocycles. The predicted molar refractivity (Wildman–Crippen MR) is 65.3 cm³/mol. The number of ether oxygens (including phenoxy) is 1. The molecule has 0 aliphatic carbocycles. The molecular formula is C12H14Cl2O2. The summed E-state index contributed by atoms with van der Waals surface area (Å²) in [7, 11) is 0. The second kappa shape index (κ2) is 4.92. The highest BCUT2D eigenvalue weighted by atomic mass is 35.5. The topological polar surface area (TPSA) is 29.5 Å². The van der Waals surface area contributed by atoms with E-state index in [-0.39, 0.29) is 12.0 Å². The van der Waals surface area contributed by atoms with Crippen LogP contribution in [-0.4, -0.2) is 24.9 Å². The van der Waals surface area contributed by atoms with E-state index in [2.05, 4.69) is 0 Å². The fourth-order valence-corrected chi connectivity index (χ4v) is 2.35. The molecule has 1 saturated heterocycles. The molecule has 4 heteroatoms. The molecule has 0 bridgehead atoms. The molecule has 1 aromatic carbocycles. The Hall–Kier alpha value is -0.280. The standard InChI is InChI=1S/C12H14Cl2O2/c13-10-3-2-9(6-11(10)14)12(4-1-5-15)7-16-8-12/h2-3,6,15H,1,4-5,7-8H2. The van der Waals surface area contributed by atoms with Crippen LogP contribution >= 0.6 is 23.2 Å². The first-order valence-electron chi connectivity index (χ1n) is 5.32. The van der Waals surface area contributed by atoms with Gasteiger partial charge in [-0.2, -0.15) is 0 Å². The van der Waals surface area contributed by atoms with Crippen LogP contribution in [0.1, 0.15) is 18.4 Å². The van der Waals surface area contributed by atoms with E-state index in [1.165, 1.54) is 0 Å². The number of hydrogen-bond acceptors (Lipinski definition) is 2. The summed E-state index contributed by atoms with van der Waals surface area (Å²) in [5, 5.41) is 10.1. The molecule has 0 unspecified atom stereocenters. The Morgan fingerprint density at radius 1 is 1.25 bits per heavy atom. The highest BCUT2D eigenvalue weighted by molar-refractivity contribution is 6.42. The average molecular weight is 261 g/mol. The molecule has 2 nitrogen and oxygen atoms in total. The summed E-state index contributed by atoms with van der Waals surface area (Å²) >= 11 is 11.9. The Morgan fingerprint density at radius 2 is 2.00 bits per heavy atom. The lowest BCUT2D eigenvalue weighted by Crippen LogP contribution is -2.46. The van der Waals surface area contributed by atoms with Gasteiger partial charge in [-0.1, -0.05) is 29.3 Å². The SMILES string of the molecule is OCCCC1(c2ccc(Cl)c(Cl)c2)COC1. The molecule has 1 aliphatic heterocycles. The van der Waals surface area contributed by atoms with Gasteiger partial charge >= 0.3 is 0 Å². The molecule has 2 rings (SSSR count). The third-order valence-corrected chi connectivity index (χ3v) is 3.84. The van der Waals surface area contributed by atoms with E-state index >= 15 is 0 Å². The second-order valence-corrected chi connectivity index (χ2v) is 5.04. The van der Waals surface area contributed by atoms with Gasteiger partial charge in [-0.25, -0.2) is 0 Å². The minimum atomic E-state index is 0.0248. The molecule has 1 heterocycles. The molecule has 0 radical (unpaired) electrons. The van der Waals surface area contributed by atoms with Crippen molar-refractivity contribution in [2.24, 2.45) is 0 Å². The molecular weight excluding hydrogens is 247 g/mol. The lowest BCUT2D eigenvalue weighted by molar-refractivity contribution is -0.0665. The minimum absolute atomic E-state index is 0.0248. The summed E-state index contributed by atoms with van der Waals surface area (Å²) in [5.41, 5.74) is 1.18. The molecule has 0 spiro atoms. The fraction of sp³-hybridized carbons (Fsp3) is 0.500. The summed E-state index contributed by atoms with van der Waals surface area (Å²) in [5.74, 6) is 0. The normalized spacial score (nSPS) is 18.2. The Morgan fingerprint density at radius 3 is 2.50 bits per heavy atom. The first-order valence-corrected chi connectivity index (χ1v) is 6.08.